The van der Waals surface area contributed by atoms with E-state index < -0.39 is 15.9 Å². The van der Waals surface area contributed by atoms with Gasteiger partial charge in [0.05, 0.1) is 11.9 Å². The number of nitrogens with one attached hydrogen (secondary N) is 1. The van der Waals surface area contributed by atoms with Gasteiger partial charge >= 0.3 is 0 Å². The van der Waals surface area contributed by atoms with Crippen LogP contribution >= 0.6 is 0 Å². The number of benzene rings is 1. The van der Waals surface area contributed by atoms with Gasteiger partial charge < -0.3 is 4.74 Å². The molecule has 1 N–H and O–H groups in total. The quantitative estimate of drug-likeness (QED) is 0.815. The zero-order valence-electron chi connectivity index (χ0n) is 12.5. The van der Waals surface area contributed by atoms with Crippen molar-refractivity contribution < 1.29 is 17.9 Å². The largest absolute Gasteiger partial charge is 0.487 e. The van der Waals surface area contributed by atoms with E-state index in [-0.39, 0.29) is 0 Å². The molecule has 23 heavy (non-hydrogen) atoms. The minimum absolute atomic E-state index is 0.368. The summed E-state index contributed by atoms with van der Waals surface area (Å²) in [6, 6.07) is 12.6. The van der Waals surface area contributed by atoms with E-state index in [9.17, 15) is 13.2 Å². The fourth-order valence-electron chi connectivity index (χ4n) is 1.70. The average Bonchev–Trinajstić information content (AvgIpc) is 2.51. The van der Waals surface area contributed by atoms with Gasteiger partial charge in [-0.3, -0.25) is 9.78 Å². The van der Waals surface area contributed by atoms with Crippen molar-refractivity contribution in [3.05, 3.63) is 66.0 Å². The third-order valence-electron chi connectivity index (χ3n) is 2.71. The molecule has 120 valence electrons. The topological polar surface area (TPSA) is 85.4 Å². The maximum absolute atomic E-state index is 11.3. The highest BCUT2D eigenvalue weighted by molar-refractivity contribution is 7.89. The first kappa shape index (κ1) is 16.7. The molecular formula is C16H16N2O4S. The van der Waals surface area contributed by atoms with E-state index >= 15 is 0 Å². The van der Waals surface area contributed by atoms with Gasteiger partial charge in [-0.2, -0.15) is 0 Å². The molecule has 2 rings (SSSR count). The van der Waals surface area contributed by atoms with Crippen LogP contribution in [0.2, 0.25) is 0 Å². The number of nitrogens with zero attached hydrogens (tertiary/aromatic N) is 1. The fourth-order valence-corrected chi connectivity index (χ4v) is 2.14. The van der Waals surface area contributed by atoms with Crippen LogP contribution < -0.4 is 9.46 Å². The number of carbonyl (C=O) groups excluding carboxylic acids is 1. The van der Waals surface area contributed by atoms with E-state index in [1.807, 2.05) is 22.9 Å². The first-order valence-corrected chi connectivity index (χ1v) is 8.64. The van der Waals surface area contributed by atoms with Crippen molar-refractivity contribution in [2.75, 3.05) is 6.26 Å². The highest BCUT2D eigenvalue weighted by atomic mass is 32.2. The maximum atomic E-state index is 11.3. The lowest BCUT2D eigenvalue weighted by Gasteiger charge is -2.05. The third-order valence-corrected chi connectivity index (χ3v) is 3.28. The molecule has 2 aromatic rings. The number of aromatic nitrogens is 1. The summed E-state index contributed by atoms with van der Waals surface area (Å²) in [5.41, 5.74) is 1.58. The molecule has 0 spiro atoms. The molecule has 0 radical (unpaired) electrons. The van der Waals surface area contributed by atoms with Gasteiger partial charge in [0.1, 0.15) is 12.4 Å². The summed E-state index contributed by atoms with van der Waals surface area (Å²) in [6.07, 6.45) is 5.30. The highest BCUT2D eigenvalue weighted by Crippen LogP contribution is 2.14. The van der Waals surface area contributed by atoms with Crippen molar-refractivity contribution >= 4 is 22.0 Å². The Hall–Kier alpha value is -2.67. The predicted octanol–water partition coefficient (Wildman–Crippen LogP) is 1.75. The van der Waals surface area contributed by atoms with Crippen LogP contribution in [0.1, 0.15) is 11.3 Å². The Balaban J connectivity index is 1.90. The van der Waals surface area contributed by atoms with Crippen molar-refractivity contribution in [3.63, 3.8) is 0 Å². The van der Waals surface area contributed by atoms with Crippen LogP contribution in [0.3, 0.4) is 0 Å². The molecule has 6 nitrogen and oxygen atoms in total. The number of sulfonamides is 1. The summed E-state index contributed by atoms with van der Waals surface area (Å²) in [4.78, 5) is 15.5. The van der Waals surface area contributed by atoms with E-state index in [4.69, 9.17) is 4.74 Å². The molecule has 0 saturated carbocycles. The lowest BCUT2D eigenvalue weighted by molar-refractivity contribution is -0.114. The minimum atomic E-state index is -3.54. The Kier molecular flexibility index (Phi) is 5.48. The molecule has 0 saturated heterocycles. The predicted molar refractivity (Wildman–Crippen MR) is 87.0 cm³/mol. The molecule has 0 aliphatic rings. The van der Waals surface area contributed by atoms with Crippen LogP contribution in [0.4, 0.5) is 0 Å². The Bertz CT molecular complexity index is 785. The van der Waals surface area contributed by atoms with E-state index in [0.717, 1.165) is 23.6 Å². The van der Waals surface area contributed by atoms with Crippen molar-refractivity contribution in [2.24, 2.45) is 0 Å². The van der Waals surface area contributed by atoms with Crippen LogP contribution in [0.25, 0.3) is 6.08 Å². The second kappa shape index (κ2) is 7.55. The molecule has 7 heteroatoms. The Labute approximate surface area is 134 Å². The highest BCUT2D eigenvalue weighted by Gasteiger charge is 2.04. The van der Waals surface area contributed by atoms with Crippen molar-refractivity contribution in [1.29, 1.82) is 0 Å². The Morgan fingerprint density at radius 1 is 1.22 bits per heavy atom. The van der Waals surface area contributed by atoms with Gasteiger partial charge in [-0.05, 0) is 35.9 Å². The van der Waals surface area contributed by atoms with E-state index in [1.165, 1.54) is 6.08 Å². The smallest absolute Gasteiger partial charge is 0.257 e. The average molecular weight is 332 g/mol. The summed E-state index contributed by atoms with van der Waals surface area (Å²) in [5, 5.41) is 0. The van der Waals surface area contributed by atoms with Gasteiger partial charge in [0.25, 0.3) is 5.91 Å². The number of ether oxygens (including phenoxy) is 1. The van der Waals surface area contributed by atoms with Crippen LogP contribution in [0, 0.1) is 0 Å². The summed E-state index contributed by atoms with van der Waals surface area (Å²) < 4.78 is 29.2. The van der Waals surface area contributed by atoms with Crippen molar-refractivity contribution in [1.82, 2.24) is 9.71 Å². The molecule has 1 amide bonds. The number of carbonyl (C=O) groups is 1. The molecule has 0 atom stereocenters. The van der Waals surface area contributed by atoms with E-state index in [1.54, 1.807) is 30.5 Å². The number of amides is 1. The van der Waals surface area contributed by atoms with Crippen LogP contribution in [0.5, 0.6) is 5.75 Å². The Morgan fingerprint density at radius 2 is 1.96 bits per heavy atom. The van der Waals surface area contributed by atoms with Crippen LogP contribution in [0.15, 0.2) is 54.7 Å². The zero-order chi connectivity index (χ0) is 16.7. The molecular weight excluding hydrogens is 316 g/mol. The third kappa shape index (κ3) is 6.31. The molecule has 0 aliphatic carbocycles. The summed E-state index contributed by atoms with van der Waals surface area (Å²) >= 11 is 0. The van der Waals surface area contributed by atoms with Crippen LogP contribution in [-0.4, -0.2) is 25.6 Å². The molecule has 0 aliphatic heterocycles. The van der Waals surface area contributed by atoms with E-state index in [2.05, 4.69) is 4.98 Å². The number of pyridine rings is 1. The number of hydrogen-bond acceptors (Lipinski definition) is 5. The molecule has 0 fully saturated rings. The second-order valence-electron chi connectivity index (χ2n) is 4.75. The summed E-state index contributed by atoms with van der Waals surface area (Å²) in [7, 11) is -3.54. The molecule has 1 heterocycles. The molecule has 1 aromatic carbocycles. The SMILES string of the molecule is CS(=O)(=O)NC(=O)/C=C/c1ccc(OCc2ccccn2)cc1. The zero-order valence-corrected chi connectivity index (χ0v) is 13.3. The van der Waals surface area contributed by atoms with Gasteiger partial charge in [-0.1, -0.05) is 18.2 Å². The van der Waals surface area contributed by atoms with Gasteiger partial charge in [-0.25, -0.2) is 13.1 Å². The Morgan fingerprint density at radius 3 is 2.57 bits per heavy atom. The van der Waals surface area contributed by atoms with Crippen molar-refractivity contribution in [3.8, 4) is 5.75 Å². The van der Waals surface area contributed by atoms with Crippen LogP contribution in [-0.2, 0) is 21.4 Å². The molecule has 1 aromatic heterocycles. The number of rotatable bonds is 6. The minimum Gasteiger partial charge on any atom is -0.487 e. The summed E-state index contributed by atoms with van der Waals surface area (Å²) in [6.45, 7) is 0.368. The van der Waals surface area contributed by atoms with Gasteiger partial charge in [0.15, 0.2) is 0 Å². The maximum Gasteiger partial charge on any atom is 0.257 e. The lowest BCUT2D eigenvalue weighted by atomic mass is 10.2. The van der Waals surface area contributed by atoms with Crippen molar-refractivity contribution in [2.45, 2.75) is 6.61 Å². The molecule has 0 bridgehead atoms. The van der Waals surface area contributed by atoms with Gasteiger partial charge in [0, 0.05) is 12.3 Å². The fraction of sp³-hybridized carbons (Fsp3) is 0.125. The monoisotopic (exact) mass is 332 g/mol. The van der Waals surface area contributed by atoms with Gasteiger partial charge in [-0.15, -0.1) is 0 Å². The lowest BCUT2D eigenvalue weighted by Crippen LogP contribution is -2.27. The van der Waals surface area contributed by atoms with E-state index in [0.29, 0.717) is 12.4 Å². The summed E-state index contributed by atoms with van der Waals surface area (Å²) in [5.74, 6) is -0.0173. The van der Waals surface area contributed by atoms with Gasteiger partial charge in [0.2, 0.25) is 10.0 Å². The second-order valence-corrected chi connectivity index (χ2v) is 6.50. The number of hydrogen-bond donors (Lipinski definition) is 1. The first-order valence-electron chi connectivity index (χ1n) is 6.75. The first-order chi connectivity index (χ1) is 10.9. The normalized spacial score (nSPS) is 11.3. The standard InChI is InChI=1S/C16H16N2O4S/c1-23(20,21)18-16(19)10-7-13-5-8-15(9-6-13)22-12-14-4-2-3-11-17-14/h2-11H,12H2,1H3,(H,18,19)/b10-7+. The molecule has 0 unspecified atom stereocenters.